The van der Waals surface area contributed by atoms with Crippen molar-refractivity contribution in [2.24, 2.45) is 0 Å². The average Bonchev–Trinajstić information content (AvgIpc) is 2.10. The first kappa shape index (κ1) is 14.0. The molecule has 14 heavy (non-hydrogen) atoms. The van der Waals surface area contributed by atoms with Crippen molar-refractivity contribution in [2.75, 3.05) is 16.8 Å². The van der Waals surface area contributed by atoms with Crippen molar-refractivity contribution >= 4 is 45.6 Å². The van der Waals surface area contributed by atoms with Gasteiger partial charge in [-0.3, -0.25) is 0 Å². The highest BCUT2D eigenvalue weighted by atomic mass is 127. The van der Waals surface area contributed by atoms with E-state index in [1.807, 2.05) is 0 Å². The van der Waals surface area contributed by atoms with Gasteiger partial charge in [-0.25, -0.2) is 9.59 Å². The van der Waals surface area contributed by atoms with E-state index in [9.17, 15) is 9.59 Å². The molecular formula is C8H13IO4S. The molecule has 0 N–H and O–H groups in total. The average molecular weight is 332 g/mol. The summed E-state index contributed by atoms with van der Waals surface area (Å²) in [6, 6.07) is 0. The first-order valence-corrected chi connectivity index (χ1v) is 6.62. The molecular weight excluding hydrogens is 319 g/mol. The van der Waals surface area contributed by atoms with Crippen LogP contribution in [0.15, 0.2) is 0 Å². The Morgan fingerprint density at radius 2 is 2.07 bits per heavy atom. The number of halogens is 1. The fraction of sp³-hybridized carbons (Fsp3) is 0.750. The van der Waals surface area contributed by atoms with Gasteiger partial charge in [0, 0.05) is 10.2 Å². The van der Waals surface area contributed by atoms with Gasteiger partial charge in [-0.05, 0) is 25.6 Å². The molecule has 0 heterocycles. The minimum absolute atomic E-state index is 0.178. The van der Waals surface area contributed by atoms with E-state index in [1.165, 1.54) is 0 Å². The van der Waals surface area contributed by atoms with Gasteiger partial charge in [-0.2, -0.15) is 0 Å². The van der Waals surface area contributed by atoms with Crippen LogP contribution in [0, 0.1) is 0 Å². The highest BCUT2D eigenvalue weighted by Crippen LogP contribution is 2.06. The van der Waals surface area contributed by atoms with Crippen LogP contribution in [0.5, 0.6) is 0 Å². The molecule has 0 bridgehead atoms. The number of rotatable bonds is 5. The Morgan fingerprint density at radius 1 is 1.43 bits per heavy atom. The van der Waals surface area contributed by atoms with Gasteiger partial charge >= 0.3 is 11.3 Å². The molecule has 0 aromatic heterocycles. The normalized spacial score (nSPS) is 10.0. The number of hydrogen-bond acceptors (Lipinski definition) is 5. The highest BCUT2D eigenvalue weighted by Gasteiger charge is 2.09. The minimum atomic E-state index is -0.511. The van der Waals surface area contributed by atoms with E-state index in [2.05, 4.69) is 27.3 Å². The maximum absolute atomic E-state index is 10.9. The number of alkyl halides is 1. The third-order valence-electron chi connectivity index (χ3n) is 0.972. The molecule has 0 unspecified atom stereocenters. The molecule has 0 rings (SSSR count). The van der Waals surface area contributed by atoms with Crippen LogP contribution in [0.4, 0.5) is 4.79 Å². The molecule has 0 spiro atoms. The second-order valence-corrected chi connectivity index (χ2v) is 4.72. The van der Waals surface area contributed by atoms with Gasteiger partial charge in [0.2, 0.25) is 0 Å². The number of ether oxygens (including phenoxy) is 2. The van der Waals surface area contributed by atoms with E-state index in [0.29, 0.717) is 5.75 Å². The van der Waals surface area contributed by atoms with Crippen LogP contribution in [0.25, 0.3) is 0 Å². The van der Waals surface area contributed by atoms with Crippen molar-refractivity contribution in [1.82, 2.24) is 0 Å². The summed E-state index contributed by atoms with van der Waals surface area (Å²) in [5.74, 6) is 0.182. The molecule has 0 aliphatic carbocycles. The van der Waals surface area contributed by atoms with Crippen molar-refractivity contribution in [1.29, 1.82) is 0 Å². The summed E-state index contributed by atoms with van der Waals surface area (Å²) >= 11 is 3.22. The Hall–Kier alpha value is 0.0200. The van der Waals surface area contributed by atoms with E-state index < -0.39 is 11.3 Å². The van der Waals surface area contributed by atoms with Gasteiger partial charge in [0.1, 0.15) is 0 Å². The molecule has 6 heteroatoms. The first-order chi connectivity index (χ1) is 6.56. The van der Waals surface area contributed by atoms with E-state index in [1.54, 1.807) is 13.8 Å². The molecule has 0 fully saturated rings. The molecule has 0 atom stereocenters. The zero-order valence-corrected chi connectivity index (χ0v) is 11.1. The summed E-state index contributed by atoms with van der Waals surface area (Å²) in [6.07, 6.45) is -0.178. The molecule has 0 aromatic rings. The van der Waals surface area contributed by atoms with Gasteiger partial charge in [0.15, 0.2) is 6.61 Å². The van der Waals surface area contributed by atoms with Gasteiger partial charge in [0.05, 0.1) is 6.10 Å². The number of carbonyl (C=O) groups excluding carboxylic acids is 2. The lowest BCUT2D eigenvalue weighted by atomic mass is 10.5. The quantitative estimate of drug-likeness (QED) is 0.439. The first-order valence-electron chi connectivity index (χ1n) is 4.11. The van der Waals surface area contributed by atoms with Crippen LogP contribution in [-0.4, -0.2) is 34.2 Å². The Kier molecular flexibility index (Phi) is 8.35. The molecule has 0 aromatic carbocycles. The summed E-state index contributed by atoms with van der Waals surface area (Å²) in [4.78, 5) is 21.8. The Bertz CT molecular complexity index is 196. The number of thioether (sulfide) groups is 1. The fourth-order valence-electron chi connectivity index (χ4n) is 0.578. The third-order valence-corrected chi connectivity index (χ3v) is 3.01. The molecule has 0 aliphatic heterocycles. The summed E-state index contributed by atoms with van der Waals surface area (Å²) in [5.41, 5.74) is 0. The highest BCUT2D eigenvalue weighted by molar-refractivity contribution is 14.1. The van der Waals surface area contributed by atoms with Crippen molar-refractivity contribution in [3.63, 3.8) is 0 Å². The van der Waals surface area contributed by atoms with Crippen LogP contribution < -0.4 is 0 Å². The van der Waals surface area contributed by atoms with Crippen molar-refractivity contribution < 1.29 is 19.1 Å². The molecule has 0 saturated carbocycles. The second-order valence-electron chi connectivity index (χ2n) is 2.61. The maximum atomic E-state index is 10.9. The zero-order chi connectivity index (χ0) is 11.0. The Balaban J connectivity index is 3.51. The topological polar surface area (TPSA) is 52.6 Å². The largest absolute Gasteiger partial charge is 0.460 e. The van der Waals surface area contributed by atoms with Crippen LogP contribution in [0.2, 0.25) is 0 Å². The summed E-state index contributed by atoms with van der Waals surface area (Å²) in [5, 5.41) is -0.428. The second kappa shape index (κ2) is 8.34. The fourth-order valence-corrected chi connectivity index (χ4v) is 1.63. The maximum Gasteiger partial charge on any atom is 0.367 e. The molecule has 0 aliphatic rings. The van der Waals surface area contributed by atoms with Gasteiger partial charge in [-0.1, -0.05) is 22.6 Å². The Labute approximate surface area is 101 Å². The Morgan fingerprint density at radius 3 is 2.57 bits per heavy atom. The molecule has 0 radical (unpaired) electrons. The summed E-state index contributed by atoms with van der Waals surface area (Å²) in [7, 11) is 0. The molecule has 0 saturated heterocycles. The van der Waals surface area contributed by atoms with Gasteiger partial charge in [0.25, 0.3) is 0 Å². The van der Waals surface area contributed by atoms with Crippen LogP contribution in [-0.2, 0) is 14.3 Å². The van der Waals surface area contributed by atoms with Crippen molar-refractivity contribution in [3.8, 4) is 0 Å². The smallest absolute Gasteiger partial charge is 0.367 e. The number of esters is 1. The lowest BCUT2D eigenvalue weighted by molar-refractivity contribution is -0.150. The van der Waals surface area contributed by atoms with Crippen LogP contribution >= 0.6 is 34.4 Å². The van der Waals surface area contributed by atoms with Crippen molar-refractivity contribution in [3.05, 3.63) is 0 Å². The SMILES string of the molecule is CC(C)OC(=O)COC(=O)SCCI. The summed E-state index contributed by atoms with van der Waals surface area (Å²) in [6.45, 7) is 3.18. The van der Waals surface area contributed by atoms with Crippen LogP contribution in [0.1, 0.15) is 13.8 Å². The molecule has 4 nitrogen and oxygen atoms in total. The molecule has 82 valence electrons. The van der Waals surface area contributed by atoms with E-state index in [4.69, 9.17) is 4.74 Å². The van der Waals surface area contributed by atoms with Gasteiger partial charge < -0.3 is 9.47 Å². The standard InChI is InChI=1S/C8H13IO4S/c1-6(2)13-7(10)5-12-8(11)14-4-3-9/h6H,3-5H2,1-2H3. The van der Waals surface area contributed by atoms with Crippen molar-refractivity contribution in [2.45, 2.75) is 20.0 Å². The van der Waals surface area contributed by atoms with Crippen LogP contribution in [0.3, 0.4) is 0 Å². The predicted molar refractivity (Wildman–Crippen MR) is 63.9 cm³/mol. The van der Waals surface area contributed by atoms with Gasteiger partial charge in [-0.15, -0.1) is 0 Å². The van der Waals surface area contributed by atoms with E-state index in [0.717, 1.165) is 16.2 Å². The number of hydrogen-bond donors (Lipinski definition) is 0. The van der Waals surface area contributed by atoms with E-state index >= 15 is 0 Å². The summed E-state index contributed by atoms with van der Waals surface area (Å²) < 4.78 is 10.3. The zero-order valence-electron chi connectivity index (χ0n) is 8.12. The minimum Gasteiger partial charge on any atom is -0.460 e. The lowest BCUT2D eigenvalue weighted by Crippen LogP contribution is -2.18. The number of carbonyl (C=O) groups is 2. The predicted octanol–water partition coefficient (Wildman–Crippen LogP) is 2.24. The monoisotopic (exact) mass is 332 g/mol. The lowest BCUT2D eigenvalue weighted by Gasteiger charge is -2.07. The third kappa shape index (κ3) is 8.61. The van der Waals surface area contributed by atoms with E-state index in [-0.39, 0.29) is 12.7 Å². The molecule has 0 amide bonds.